The molecule has 0 saturated carbocycles. The quantitative estimate of drug-likeness (QED) is 0.0786. The number of benzene rings is 4. The van der Waals surface area contributed by atoms with Crippen LogP contribution in [0.15, 0.2) is 78.1 Å². The van der Waals surface area contributed by atoms with Gasteiger partial charge >= 0.3 is 0 Å². The Kier molecular flexibility index (Phi) is 9.69. The molecule has 1 atom stereocenters. The third-order valence-electron chi connectivity index (χ3n) is 10.0. The van der Waals surface area contributed by atoms with Crippen molar-refractivity contribution in [1.29, 1.82) is 0 Å². The maximum Gasteiger partial charge on any atom is 0.252 e. The molecule has 3 aliphatic rings. The van der Waals surface area contributed by atoms with E-state index in [-0.39, 0.29) is 11.7 Å². The molecule has 4 aromatic rings. The van der Waals surface area contributed by atoms with E-state index in [4.69, 9.17) is 9.47 Å². The summed E-state index contributed by atoms with van der Waals surface area (Å²) < 4.78 is 13.0. The predicted octanol–water partition coefficient (Wildman–Crippen LogP) is 8.30. The molecule has 7 heteroatoms. The number of hydrogen-bond donors (Lipinski definition) is 1. The molecule has 0 bridgehead atoms. The number of ketones is 1. The van der Waals surface area contributed by atoms with E-state index in [0.29, 0.717) is 56.8 Å². The van der Waals surface area contributed by atoms with Crippen LogP contribution in [0.1, 0.15) is 103 Å². The molecule has 2 aliphatic carbocycles. The molecule has 1 amide bonds. The van der Waals surface area contributed by atoms with E-state index in [9.17, 15) is 19.2 Å². The Morgan fingerprint density at radius 3 is 2.18 bits per heavy atom. The molecule has 0 aromatic heterocycles. The van der Waals surface area contributed by atoms with Gasteiger partial charge in [0.25, 0.3) is 5.91 Å². The maximum absolute atomic E-state index is 14.7. The lowest BCUT2D eigenvalue weighted by Gasteiger charge is -2.35. The number of aldehydes is 2. The highest BCUT2D eigenvalue weighted by Gasteiger charge is 2.44. The van der Waals surface area contributed by atoms with Crippen molar-refractivity contribution in [2.24, 2.45) is 0 Å². The lowest BCUT2D eigenvalue weighted by Crippen LogP contribution is -2.28. The Bertz CT molecular complexity index is 2010. The number of Topliss-reactive ketones (excluding diaryl/α,β-unsaturated/α-hetero) is 1. The Balaban J connectivity index is 1.45. The van der Waals surface area contributed by atoms with Crippen molar-refractivity contribution in [1.82, 2.24) is 5.32 Å². The lowest BCUT2D eigenvalue weighted by atomic mass is 9.68. The summed E-state index contributed by atoms with van der Waals surface area (Å²) in [6, 6.07) is 20.1. The van der Waals surface area contributed by atoms with E-state index >= 15 is 0 Å². The Morgan fingerprint density at radius 2 is 1.45 bits per heavy atom. The van der Waals surface area contributed by atoms with E-state index in [1.54, 1.807) is 0 Å². The Morgan fingerprint density at radius 1 is 0.755 bits per heavy atom. The van der Waals surface area contributed by atoms with Crippen LogP contribution < -0.4 is 10.1 Å². The van der Waals surface area contributed by atoms with Crippen molar-refractivity contribution >= 4 is 51.4 Å². The van der Waals surface area contributed by atoms with E-state index in [2.05, 4.69) is 29.6 Å². The topological polar surface area (TPSA) is 98.8 Å². The van der Waals surface area contributed by atoms with Crippen LogP contribution in [0, 0.1) is 0 Å². The summed E-state index contributed by atoms with van der Waals surface area (Å²) in [7, 11) is 0. The van der Waals surface area contributed by atoms with Crippen molar-refractivity contribution in [2.45, 2.75) is 76.7 Å². The summed E-state index contributed by atoms with van der Waals surface area (Å²) in [5, 5.41) is 7.00. The molecule has 1 N–H and O–H groups in total. The lowest BCUT2D eigenvalue weighted by molar-refractivity contribution is -0.116. The Hall–Kier alpha value is -5.04. The number of ether oxygens (including phenoxy) is 2. The number of fused-ring (bicyclic) bond motifs is 9. The van der Waals surface area contributed by atoms with Crippen molar-refractivity contribution in [2.75, 3.05) is 13.2 Å². The number of hydrogen-bond acceptors (Lipinski definition) is 6. The minimum Gasteiger partial charge on any atom is -0.493 e. The van der Waals surface area contributed by atoms with Gasteiger partial charge in [-0.25, -0.2) is 0 Å². The van der Waals surface area contributed by atoms with Crippen LogP contribution in [0.3, 0.4) is 0 Å². The van der Waals surface area contributed by atoms with Gasteiger partial charge in [-0.1, -0.05) is 54.6 Å². The van der Waals surface area contributed by atoms with Gasteiger partial charge in [-0.05, 0) is 102 Å². The van der Waals surface area contributed by atoms with Crippen LogP contribution in [-0.2, 0) is 25.7 Å². The summed E-state index contributed by atoms with van der Waals surface area (Å²) >= 11 is 0. The number of nitrogens with one attached hydrogen (secondary N) is 1. The number of unbranched alkanes of at least 4 members (excludes halogenated alkanes) is 6. The first-order valence-electron chi connectivity index (χ1n) is 17.6. The molecule has 7 nitrogen and oxygen atoms in total. The molecule has 0 saturated heterocycles. The maximum atomic E-state index is 14.7. The van der Waals surface area contributed by atoms with Gasteiger partial charge in [-0.3, -0.25) is 9.59 Å². The van der Waals surface area contributed by atoms with Crippen LogP contribution in [0.5, 0.6) is 5.75 Å². The number of amides is 1. The average Bonchev–Trinajstić information content (AvgIpc) is 3.53. The van der Waals surface area contributed by atoms with Crippen LogP contribution in [0.25, 0.3) is 27.1 Å². The second-order valence-corrected chi connectivity index (χ2v) is 13.1. The second-order valence-electron chi connectivity index (χ2n) is 13.1. The first kappa shape index (κ1) is 32.5. The molecular weight excluding hydrogens is 614 g/mol. The van der Waals surface area contributed by atoms with Gasteiger partial charge in [-0.2, -0.15) is 0 Å². The number of carbonyl (C=O) groups is 4. The molecule has 0 spiro atoms. The molecule has 0 radical (unpaired) electrons. The van der Waals surface area contributed by atoms with Crippen molar-refractivity contribution in [3.63, 3.8) is 0 Å². The van der Waals surface area contributed by atoms with Crippen LogP contribution >= 0.6 is 0 Å². The molecule has 7 rings (SSSR count). The highest BCUT2D eigenvalue weighted by Crippen LogP contribution is 2.53. The predicted molar refractivity (Wildman–Crippen MR) is 191 cm³/mol. The molecule has 49 heavy (non-hydrogen) atoms. The second kappa shape index (κ2) is 14.6. The smallest absolute Gasteiger partial charge is 0.252 e. The van der Waals surface area contributed by atoms with Crippen molar-refractivity contribution < 1.29 is 28.7 Å². The highest BCUT2D eigenvalue weighted by molar-refractivity contribution is 6.25. The van der Waals surface area contributed by atoms with E-state index in [1.165, 1.54) is 0 Å². The Labute approximate surface area is 286 Å². The minimum absolute atomic E-state index is 0.0222. The fourth-order valence-corrected chi connectivity index (χ4v) is 7.80. The van der Waals surface area contributed by atoms with Gasteiger partial charge < -0.3 is 24.4 Å². The minimum atomic E-state index is -0.624. The monoisotopic (exact) mass is 655 g/mol. The molecule has 1 aliphatic heterocycles. The summed E-state index contributed by atoms with van der Waals surface area (Å²) in [5.41, 5.74) is 5.53. The zero-order valence-electron chi connectivity index (χ0n) is 27.7. The van der Waals surface area contributed by atoms with Gasteiger partial charge in [0.2, 0.25) is 0 Å². The van der Waals surface area contributed by atoms with E-state index < -0.39 is 5.92 Å². The first-order valence-corrected chi connectivity index (χ1v) is 17.6. The summed E-state index contributed by atoms with van der Waals surface area (Å²) in [4.78, 5) is 50.2. The number of rotatable bonds is 15. The van der Waals surface area contributed by atoms with Crippen LogP contribution in [0.2, 0.25) is 0 Å². The van der Waals surface area contributed by atoms with E-state index in [0.717, 1.165) is 112 Å². The number of carbonyl (C=O) groups excluding carboxylic acids is 4. The zero-order valence-corrected chi connectivity index (χ0v) is 27.7. The first-order chi connectivity index (χ1) is 24.1. The van der Waals surface area contributed by atoms with Crippen molar-refractivity contribution in [3.05, 3.63) is 106 Å². The molecular formula is C42H41NO6. The summed E-state index contributed by atoms with van der Waals surface area (Å²) in [6.45, 7) is 1.36. The third kappa shape index (κ3) is 6.07. The van der Waals surface area contributed by atoms with E-state index in [1.807, 2.05) is 42.5 Å². The molecule has 1 heterocycles. The SMILES string of the molecule is O=CCCCCCOC1=CCCC2=C1c1c(c3c(c4cc(OCCCCCC=O)c5ccccc5c14)CNC3=O)C(c1ccccc1)C2=O. The van der Waals surface area contributed by atoms with Gasteiger partial charge in [-0.15, -0.1) is 0 Å². The van der Waals surface area contributed by atoms with Gasteiger partial charge in [0.1, 0.15) is 24.1 Å². The number of allylic oxidation sites excluding steroid dienone is 3. The van der Waals surface area contributed by atoms with Gasteiger partial charge in [0.05, 0.1) is 19.1 Å². The van der Waals surface area contributed by atoms with Gasteiger partial charge in [0.15, 0.2) is 5.78 Å². The fraction of sp³-hybridized carbons (Fsp3) is 0.333. The zero-order chi connectivity index (χ0) is 33.7. The highest BCUT2D eigenvalue weighted by atomic mass is 16.5. The van der Waals surface area contributed by atoms with Gasteiger partial charge in [0, 0.05) is 41.5 Å². The largest absolute Gasteiger partial charge is 0.493 e. The normalized spacial score (nSPS) is 16.6. The standard InChI is InChI=1S/C42H41NO6/c44-21-10-1-3-12-23-48-33-20-14-19-30-37(33)40-36-29-18-9-8-17-28(29)34(49-24-13-4-2-11-22-45)25-31(36)32-26-43-42(47)38(32)39(40)35(41(30)46)27-15-6-5-7-16-27/h5-9,15-18,20-22,25,35H,1-4,10-14,19,23-24,26H2,(H,43,47). The average molecular weight is 656 g/mol. The molecule has 4 aromatic carbocycles. The van der Waals surface area contributed by atoms with Crippen LogP contribution in [0.4, 0.5) is 0 Å². The molecule has 0 fully saturated rings. The summed E-state index contributed by atoms with van der Waals surface area (Å²) in [5.74, 6) is 0.674. The molecule has 250 valence electrons. The van der Waals surface area contributed by atoms with Crippen LogP contribution in [-0.4, -0.2) is 37.5 Å². The third-order valence-corrected chi connectivity index (χ3v) is 10.0. The van der Waals surface area contributed by atoms with Crippen molar-refractivity contribution in [3.8, 4) is 5.75 Å². The molecule has 1 unspecified atom stereocenters. The fourth-order valence-electron chi connectivity index (χ4n) is 7.80. The summed E-state index contributed by atoms with van der Waals surface area (Å²) in [6.07, 6.45) is 11.5.